The first-order valence-corrected chi connectivity index (χ1v) is 5.55. The summed E-state index contributed by atoms with van der Waals surface area (Å²) in [5.74, 6) is 2.12. The molecule has 0 unspecified atom stereocenters. The first-order chi connectivity index (χ1) is 7.74. The molecule has 2 nitrogen and oxygen atoms in total. The summed E-state index contributed by atoms with van der Waals surface area (Å²) in [7, 11) is 0. The Hall–Kier alpha value is -2.05. The number of thiophene rings is 1. The number of rotatable bonds is 2. The summed E-state index contributed by atoms with van der Waals surface area (Å²) in [4.78, 5) is 12.3. The Morgan fingerprint density at radius 2 is 2.12 bits per heavy atom. The Balaban J connectivity index is 2.75. The van der Waals surface area contributed by atoms with Crippen LogP contribution in [-0.4, -0.2) is 5.91 Å². The summed E-state index contributed by atoms with van der Waals surface area (Å²) in [6.07, 6.45) is 5.43. The third-order valence-electron chi connectivity index (χ3n) is 2.25. The number of carbonyl (C=O) groups is 1. The van der Waals surface area contributed by atoms with E-state index in [0.29, 0.717) is 11.1 Å². The van der Waals surface area contributed by atoms with E-state index in [2.05, 4.69) is 5.92 Å². The third-order valence-corrected chi connectivity index (χ3v) is 3.14. The van der Waals surface area contributed by atoms with Crippen LogP contribution in [0.3, 0.4) is 0 Å². The lowest BCUT2D eigenvalue weighted by molar-refractivity contribution is 0.100. The van der Waals surface area contributed by atoms with Gasteiger partial charge in [0, 0.05) is 21.6 Å². The standard InChI is InChI=1S/C13H9NOS/c1-2-9-5-3-6-10(13(14)15)12(9)11-7-4-8-16-11/h1,3-8H,(H2,14,15). The van der Waals surface area contributed by atoms with E-state index in [1.165, 1.54) is 11.3 Å². The van der Waals surface area contributed by atoms with Gasteiger partial charge in [-0.2, -0.15) is 0 Å². The smallest absolute Gasteiger partial charge is 0.249 e. The zero-order chi connectivity index (χ0) is 11.5. The number of carbonyl (C=O) groups excluding carboxylic acids is 1. The van der Waals surface area contributed by atoms with E-state index in [1.54, 1.807) is 12.1 Å². The van der Waals surface area contributed by atoms with E-state index in [4.69, 9.17) is 12.2 Å². The first kappa shape index (κ1) is 10.5. The number of primary amides is 1. The van der Waals surface area contributed by atoms with Crippen molar-refractivity contribution in [3.8, 4) is 22.8 Å². The van der Waals surface area contributed by atoms with Crippen LogP contribution in [0.5, 0.6) is 0 Å². The molecule has 16 heavy (non-hydrogen) atoms. The van der Waals surface area contributed by atoms with Gasteiger partial charge >= 0.3 is 0 Å². The van der Waals surface area contributed by atoms with Crippen molar-refractivity contribution in [3.63, 3.8) is 0 Å². The minimum absolute atomic E-state index is 0.458. The highest BCUT2D eigenvalue weighted by molar-refractivity contribution is 7.13. The maximum atomic E-state index is 11.3. The lowest BCUT2D eigenvalue weighted by atomic mass is 9.99. The van der Waals surface area contributed by atoms with Crippen molar-refractivity contribution in [1.29, 1.82) is 0 Å². The van der Waals surface area contributed by atoms with Gasteiger partial charge in [-0.05, 0) is 23.6 Å². The number of nitrogens with two attached hydrogens (primary N) is 1. The number of hydrogen-bond donors (Lipinski definition) is 1. The molecule has 2 N–H and O–H groups in total. The van der Waals surface area contributed by atoms with Crippen LogP contribution in [0.4, 0.5) is 0 Å². The fourth-order valence-corrected chi connectivity index (χ4v) is 2.36. The SMILES string of the molecule is C#Cc1cccc(C(N)=O)c1-c1cccs1. The topological polar surface area (TPSA) is 43.1 Å². The molecule has 2 aromatic rings. The largest absolute Gasteiger partial charge is 0.366 e. The van der Waals surface area contributed by atoms with Crippen LogP contribution in [0.25, 0.3) is 10.4 Å². The minimum atomic E-state index is -0.458. The normalized spacial score (nSPS) is 9.69. The van der Waals surface area contributed by atoms with Crippen molar-refractivity contribution >= 4 is 17.2 Å². The molecule has 3 heteroatoms. The van der Waals surface area contributed by atoms with Crippen LogP contribution in [0.2, 0.25) is 0 Å². The van der Waals surface area contributed by atoms with Crippen molar-refractivity contribution < 1.29 is 4.79 Å². The van der Waals surface area contributed by atoms with Crippen LogP contribution in [0, 0.1) is 12.3 Å². The average molecular weight is 227 g/mol. The van der Waals surface area contributed by atoms with Gasteiger partial charge < -0.3 is 5.73 Å². The Bertz CT molecular complexity index is 564. The summed E-state index contributed by atoms with van der Waals surface area (Å²) in [5.41, 5.74) is 7.26. The third kappa shape index (κ3) is 1.71. The minimum Gasteiger partial charge on any atom is -0.366 e. The summed E-state index contributed by atoms with van der Waals surface area (Å²) >= 11 is 1.53. The van der Waals surface area contributed by atoms with Crippen LogP contribution in [0.1, 0.15) is 15.9 Å². The quantitative estimate of drug-likeness (QED) is 0.787. The van der Waals surface area contributed by atoms with Crippen LogP contribution in [0.15, 0.2) is 35.7 Å². The molecular weight excluding hydrogens is 218 g/mol. The van der Waals surface area contributed by atoms with Gasteiger partial charge in [0.2, 0.25) is 5.91 Å². The van der Waals surface area contributed by atoms with E-state index in [-0.39, 0.29) is 0 Å². The van der Waals surface area contributed by atoms with Gasteiger partial charge in [0.1, 0.15) is 0 Å². The summed E-state index contributed by atoms with van der Waals surface area (Å²) in [5, 5.41) is 1.94. The fraction of sp³-hybridized carbons (Fsp3) is 0. The molecule has 0 aliphatic carbocycles. The number of amides is 1. The van der Waals surface area contributed by atoms with Crippen molar-refractivity contribution in [3.05, 3.63) is 46.8 Å². The maximum Gasteiger partial charge on any atom is 0.249 e. The zero-order valence-corrected chi connectivity index (χ0v) is 9.25. The van der Waals surface area contributed by atoms with Gasteiger partial charge in [-0.15, -0.1) is 17.8 Å². The molecule has 0 saturated carbocycles. The number of terminal acetylenes is 1. The van der Waals surface area contributed by atoms with Gasteiger partial charge in [0.15, 0.2) is 0 Å². The Morgan fingerprint density at radius 1 is 1.31 bits per heavy atom. The molecule has 1 heterocycles. The van der Waals surface area contributed by atoms with Crippen molar-refractivity contribution in [2.75, 3.05) is 0 Å². The Labute approximate surface area is 97.7 Å². The highest BCUT2D eigenvalue weighted by atomic mass is 32.1. The molecule has 0 atom stereocenters. The fourth-order valence-electron chi connectivity index (χ4n) is 1.56. The summed E-state index contributed by atoms with van der Waals surface area (Å²) in [6, 6.07) is 9.08. The van der Waals surface area contributed by atoms with E-state index < -0.39 is 5.91 Å². The molecular formula is C13H9NOS. The van der Waals surface area contributed by atoms with Crippen LogP contribution in [-0.2, 0) is 0 Å². The number of benzene rings is 1. The van der Waals surface area contributed by atoms with Crippen molar-refractivity contribution in [2.45, 2.75) is 0 Å². The molecule has 0 aliphatic heterocycles. The second-order valence-electron chi connectivity index (χ2n) is 3.21. The molecule has 0 bridgehead atoms. The molecule has 0 spiro atoms. The number of hydrogen-bond acceptors (Lipinski definition) is 2. The van der Waals surface area contributed by atoms with E-state index in [9.17, 15) is 4.79 Å². The molecule has 1 aromatic carbocycles. The van der Waals surface area contributed by atoms with Gasteiger partial charge in [-0.1, -0.05) is 18.1 Å². The van der Waals surface area contributed by atoms with E-state index in [0.717, 1.165) is 10.4 Å². The van der Waals surface area contributed by atoms with Crippen LogP contribution < -0.4 is 5.73 Å². The lowest BCUT2D eigenvalue weighted by Gasteiger charge is -2.07. The summed E-state index contributed by atoms with van der Waals surface area (Å²) in [6.45, 7) is 0. The highest BCUT2D eigenvalue weighted by Gasteiger charge is 2.13. The molecule has 1 aromatic heterocycles. The predicted molar refractivity (Wildman–Crippen MR) is 66.2 cm³/mol. The second kappa shape index (κ2) is 4.21. The van der Waals surface area contributed by atoms with Gasteiger partial charge in [0.05, 0.1) is 0 Å². The second-order valence-corrected chi connectivity index (χ2v) is 4.16. The van der Waals surface area contributed by atoms with Crippen molar-refractivity contribution in [1.82, 2.24) is 0 Å². The van der Waals surface area contributed by atoms with Gasteiger partial charge in [-0.25, -0.2) is 0 Å². The molecule has 0 aliphatic rings. The molecule has 0 fully saturated rings. The maximum absolute atomic E-state index is 11.3. The first-order valence-electron chi connectivity index (χ1n) is 4.67. The molecule has 1 amide bonds. The Morgan fingerprint density at radius 3 is 2.69 bits per heavy atom. The molecule has 2 rings (SSSR count). The van der Waals surface area contributed by atoms with Gasteiger partial charge in [0.25, 0.3) is 0 Å². The van der Waals surface area contributed by atoms with Crippen LogP contribution >= 0.6 is 11.3 Å². The van der Waals surface area contributed by atoms with E-state index >= 15 is 0 Å². The highest BCUT2D eigenvalue weighted by Crippen LogP contribution is 2.30. The Kier molecular flexibility index (Phi) is 2.76. The van der Waals surface area contributed by atoms with Gasteiger partial charge in [-0.3, -0.25) is 4.79 Å². The molecule has 78 valence electrons. The monoisotopic (exact) mass is 227 g/mol. The predicted octanol–water partition coefficient (Wildman–Crippen LogP) is 2.50. The molecule has 0 saturated heterocycles. The van der Waals surface area contributed by atoms with Crippen molar-refractivity contribution in [2.24, 2.45) is 5.73 Å². The molecule has 0 radical (unpaired) electrons. The average Bonchev–Trinajstić information content (AvgIpc) is 2.81. The van der Waals surface area contributed by atoms with E-state index in [1.807, 2.05) is 23.6 Å². The zero-order valence-electron chi connectivity index (χ0n) is 8.44. The summed E-state index contributed by atoms with van der Waals surface area (Å²) < 4.78 is 0. The lowest BCUT2D eigenvalue weighted by Crippen LogP contribution is -2.12.